The normalized spacial score (nSPS) is 15.3. The van der Waals surface area contributed by atoms with Crippen LogP contribution in [0.2, 0.25) is 0 Å². The van der Waals surface area contributed by atoms with Crippen molar-refractivity contribution in [3.8, 4) is 0 Å². The average Bonchev–Trinajstić information content (AvgIpc) is 2.93. The topological polar surface area (TPSA) is 246 Å². The second-order valence-corrected chi connectivity index (χ2v) is 7.40. The Labute approximate surface area is 359 Å². The molecular formula is C29H109N9S9. The molecule has 0 aromatic heterocycles. The van der Waals surface area contributed by atoms with E-state index in [1.807, 2.05) is 136 Å². The van der Waals surface area contributed by atoms with Crippen LogP contribution in [0.4, 0.5) is 0 Å². The van der Waals surface area contributed by atoms with E-state index >= 15 is 0 Å². The van der Waals surface area contributed by atoms with Gasteiger partial charge in [0.1, 0.15) is 0 Å². The Morgan fingerprint density at radius 2 is 0.553 bits per heavy atom. The molecule has 3 saturated carbocycles. The molecule has 0 radical (unpaired) electrons. The molecule has 0 bridgehead atoms. The van der Waals surface area contributed by atoms with E-state index < -0.39 is 0 Å². The lowest BCUT2D eigenvalue weighted by Crippen LogP contribution is -2.73. The molecule has 18 heteroatoms. The molecule has 21 N–H and O–H groups in total. The molecule has 0 spiro atoms. The molecule has 0 amide bonds. The van der Waals surface area contributed by atoms with Crippen LogP contribution in [0.5, 0.6) is 0 Å². The zero-order valence-corrected chi connectivity index (χ0v) is 44.8. The number of nitrogens with one attached hydrogen (secondary N) is 3. The summed E-state index contributed by atoms with van der Waals surface area (Å²) >= 11 is 7.03. The summed E-state index contributed by atoms with van der Waals surface area (Å²) in [6.07, 6.45) is 13.0. The van der Waals surface area contributed by atoms with Crippen LogP contribution in [-0.4, -0.2) is 72.6 Å². The SMILES string of the molecule is CC.CC.CC.CC.CC.CC.CNC.CNC.CNC1C2CC3CC1C32.CS.CSC.CSC.N.N.N.N.N.N.S.S.S.S.S.S. The van der Waals surface area contributed by atoms with E-state index in [0.29, 0.717) is 0 Å². The molecule has 0 aromatic rings. The van der Waals surface area contributed by atoms with Gasteiger partial charge in [0.15, 0.2) is 0 Å². The van der Waals surface area contributed by atoms with Gasteiger partial charge in [0.2, 0.25) is 0 Å². The molecule has 0 heterocycles. The lowest BCUT2D eigenvalue weighted by Gasteiger charge is -2.73. The van der Waals surface area contributed by atoms with E-state index in [2.05, 4.69) is 35.6 Å². The van der Waals surface area contributed by atoms with Gasteiger partial charge in [0, 0.05) is 6.04 Å². The van der Waals surface area contributed by atoms with Crippen molar-refractivity contribution >= 4 is 117 Å². The first-order valence-electron chi connectivity index (χ1n) is 14.2. The Bertz CT molecular complexity index is 237. The highest BCUT2D eigenvalue weighted by atomic mass is 32.2. The van der Waals surface area contributed by atoms with Crippen LogP contribution >= 0.6 is 117 Å². The summed E-state index contributed by atoms with van der Waals surface area (Å²) in [5, 5.41) is 8.92. The molecule has 0 aliphatic heterocycles. The molecule has 324 valence electrons. The third-order valence-electron chi connectivity index (χ3n) is 3.94. The van der Waals surface area contributed by atoms with E-state index in [1.165, 1.54) is 11.8 Å². The van der Waals surface area contributed by atoms with Gasteiger partial charge in [-0.2, -0.15) is 117 Å². The first-order valence-corrected chi connectivity index (χ1v) is 18.3. The molecule has 0 saturated heterocycles. The van der Waals surface area contributed by atoms with E-state index in [1.54, 1.807) is 42.6 Å². The first kappa shape index (κ1) is 143. The third kappa shape index (κ3) is 99.3. The van der Waals surface area contributed by atoms with Gasteiger partial charge in [-0.3, -0.25) is 0 Å². The van der Waals surface area contributed by atoms with Gasteiger partial charge in [-0.25, -0.2) is 0 Å². The molecule has 9 nitrogen and oxygen atoms in total. The minimum atomic E-state index is 0. The van der Waals surface area contributed by atoms with Crippen molar-refractivity contribution < 1.29 is 0 Å². The lowest BCUT2D eigenvalue weighted by molar-refractivity contribution is -0.218. The van der Waals surface area contributed by atoms with Crippen LogP contribution < -0.4 is 52.9 Å². The van der Waals surface area contributed by atoms with Crippen molar-refractivity contribution in [1.82, 2.24) is 52.9 Å². The molecular weight excluding hydrogens is 763 g/mol. The maximum Gasteiger partial charge on any atom is 0.0126 e. The Balaban J connectivity index is -0.00000000858. The van der Waals surface area contributed by atoms with Crippen LogP contribution in [-0.2, 0) is 0 Å². The van der Waals surface area contributed by atoms with E-state index in [0.717, 1.165) is 17.9 Å². The highest BCUT2D eigenvalue weighted by Gasteiger charge is 2.67. The fourth-order valence-electron chi connectivity index (χ4n) is 3.42. The molecule has 3 rings (SSSR count). The lowest BCUT2D eigenvalue weighted by atomic mass is 9.34. The van der Waals surface area contributed by atoms with Crippen molar-refractivity contribution in [3.05, 3.63) is 0 Å². The Morgan fingerprint density at radius 1 is 0.426 bits per heavy atom. The Morgan fingerprint density at radius 3 is 0.596 bits per heavy atom. The summed E-state index contributed by atoms with van der Waals surface area (Å²) in [7, 11) is 9.62. The summed E-state index contributed by atoms with van der Waals surface area (Å²) in [6, 6.07) is 0.931. The van der Waals surface area contributed by atoms with Crippen molar-refractivity contribution in [2.45, 2.75) is 102 Å². The van der Waals surface area contributed by atoms with Gasteiger partial charge in [-0.15, -0.1) is 0 Å². The predicted octanol–water partition coefficient (Wildman–Crippen LogP) is 10.8. The first-order chi connectivity index (χ1) is 17.1. The predicted molar refractivity (Wildman–Crippen MR) is 280 cm³/mol. The smallest absolute Gasteiger partial charge is 0.0126 e. The standard InChI is InChI=1S/C8H13N.2C2H7N.2C2H6S.6C2H6.CH4S.6H3N.6H2S/c1-9-8-5-2-4-3-6(8)7(4)5;4*1-3-2;7*1-2;;;;;;;;;;;;/h4-9H,2-3H2,1H3;2*3H,1-2H3;2*1-2H3;6*1-2H3;2H,1H3;6*1H3;6*1H2. The molecule has 47 heavy (non-hydrogen) atoms. The summed E-state index contributed by atoms with van der Waals surface area (Å²) in [5.74, 6) is 4.60. The van der Waals surface area contributed by atoms with Crippen LogP contribution in [0.1, 0.15) is 95.9 Å². The monoisotopic (exact) mass is 872 g/mol. The highest BCUT2D eigenvalue weighted by Crippen LogP contribution is 2.69. The second kappa shape index (κ2) is 181. The van der Waals surface area contributed by atoms with E-state index in [4.69, 9.17) is 0 Å². The second-order valence-electron chi connectivity index (χ2n) is 5.77. The number of hydrogen-bond donors (Lipinski definition) is 10. The molecule has 2 atom stereocenters. The quantitative estimate of drug-likeness (QED) is 0.111. The summed E-state index contributed by atoms with van der Waals surface area (Å²) < 4.78 is 0. The van der Waals surface area contributed by atoms with Gasteiger partial charge < -0.3 is 52.9 Å². The number of thioether (sulfide) groups is 2. The van der Waals surface area contributed by atoms with Crippen molar-refractivity contribution in [3.63, 3.8) is 0 Å². The minimum absolute atomic E-state index is 0. The van der Waals surface area contributed by atoms with E-state index in [-0.39, 0.29) is 118 Å². The maximum atomic E-state index is 3.53. The summed E-state index contributed by atoms with van der Waals surface area (Å²) in [6.45, 7) is 24.0. The molecule has 3 fully saturated rings. The van der Waals surface area contributed by atoms with Crippen molar-refractivity contribution in [2.75, 3.05) is 66.5 Å². The molecule has 2 unspecified atom stereocenters. The zero-order chi connectivity index (χ0) is 30.8. The van der Waals surface area contributed by atoms with Crippen LogP contribution in [0.25, 0.3) is 0 Å². The molecule has 3 aliphatic rings. The van der Waals surface area contributed by atoms with Gasteiger partial charge in [0.25, 0.3) is 0 Å². The van der Waals surface area contributed by atoms with Gasteiger partial charge >= 0.3 is 0 Å². The Hall–Kier alpha value is 2.79. The van der Waals surface area contributed by atoms with E-state index in [9.17, 15) is 0 Å². The van der Waals surface area contributed by atoms with Gasteiger partial charge in [0.05, 0.1) is 0 Å². The van der Waals surface area contributed by atoms with Gasteiger partial charge in [-0.1, -0.05) is 83.1 Å². The fourth-order valence-corrected chi connectivity index (χ4v) is 3.42. The number of rotatable bonds is 1. The van der Waals surface area contributed by atoms with Crippen LogP contribution in [0.15, 0.2) is 0 Å². The van der Waals surface area contributed by atoms with Crippen LogP contribution in [0, 0.1) is 23.7 Å². The zero-order valence-electron chi connectivity index (χ0n) is 36.3. The van der Waals surface area contributed by atoms with Crippen LogP contribution in [0.3, 0.4) is 0 Å². The highest BCUT2D eigenvalue weighted by molar-refractivity contribution is 7.98. The minimum Gasteiger partial charge on any atom is -0.344 e. The Kier molecular flexibility index (Phi) is 552. The molecule has 0 aromatic carbocycles. The van der Waals surface area contributed by atoms with Crippen molar-refractivity contribution in [1.29, 1.82) is 0 Å². The summed E-state index contributed by atoms with van der Waals surface area (Å²) in [4.78, 5) is 0. The molecule has 3 aliphatic carbocycles. The maximum absolute atomic E-state index is 3.53. The number of hydrogen-bond acceptors (Lipinski definition) is 12. The third-order valence-corrected chi connectivity index (χ3v) is 3.94. The van der Waals surface area contributed by atoms with Crippen molar-refractivity contribution in [2.24, 2.45) is 23.7 Å². The summed E-state index contributed by atoms with van der Waals surface area (Å²) in [5.41, 5.74) is 0. The van der Waals surface area contributed by atoms with Gasteiger partial charge in [-0.05, 0) is 103 Å². The fraction of sp³-hybridized carbons (Fsp3) is 1.00. The average molecular weight is 873 g/mol. The number of thiol groups is 1. The largest absolute Gasteiger partial charge is 0.344 e.